The van der Waals surface area contributed by atoms with Gasteiger partial charge in [0.2, 0.25) is 0 Å². The molecule has 0 aliphatic carbocycles. The maximum absolute atomic E-state index is 10.2. The van der Waals surface area contributed by atoms with Crippen molar-refractivity contribution in [3.05, 3.63) is 0 Å². The molecule has 0 saturated heterocycles. The highest BCUT2D eigenvalue weighted by atomic mass is 16.5. The van der Waals surface area contributed by atoms with Gasteiger partial charge in [0.1, 0.15) is 0 Å². The molecule has 0 fully saturated rings. The van der Waals surface area contributed by atoms with Crippen LogP contribution in [-0.4, -0.2) is 32.2 Å². The lowest BCUT2D eigenvalue weighted by atomic mass is 10.6. The number of hydrogen-bond donors (Lipinski definition) is 0. The Morgan fingerprint density at radius 3 is 1.70 bits per heavy atom. The van der Waals surface area contributed by atoms with E-state index < -0.39 is 0 Å². The van der Waals surface area contributed by atoms with Gasteiger partial charge in [-0.25, -0.2) is 4.79 Å². The fourth-order valence-corrected chi connectivity index (χ4v) is 0.183. The van der Waals surface area contributed by atoms with Gasteiger partial charge in [-0.1, -0.05) is 20.3 Å². The fraction of sp³-hybridized carbons (Fsp3) is 0.857. The van der Waals surface area contributed by atoms with Gasteiger partial charge in [0.25, 0.3) is 0 Å². The van der Waals surface area contributed by atoms with Crippen LogP contribution >= 0.6 is 0 Å². The zero-order valence-corrected chi connectivity index (χ0v) is 7.47. The SMILES string of the molecule is CCC.COC(=O)N(C)C. The van der Waals surface area contributed by atoms with Crippen molar-refractivity contribution in [2.24, 2.45) is 0 Å². The van der Waals surface area contributed by atoms with Crippen LogP contribution in [0.5, 0.6) is 0 Å². The lowest BCUT2D eigenvalue weighted by Gasteiger charge is -2.05. The van der Waals surface area contributed by atoms with Gasteiger partial charge in [-0.2, -0.15) is 0 Å². The minimum Gasteiger partial charge on any atom is -0.453 e. The Morgan fingerprint density at radius 1 is 1.40 bits per heavy atom. The average Bonchev–Trinajstić information content (AvgIpc) is 1.88. The molecule has 0 radical (unpaired) electrons. The molecule has 10 heavy (non-hydrogen) atoms. The first-order valence-electron chi connectivity index (χ1n) is 3.35. The molecule has 62 valence electrons. The Balaban J connectivity index is 0. The van der Waals surface area contributed by atoms with E-state index in [-0.39, 0.29) is 6.09 Å². The van der Waals surface area contributed by atoms with Crippen molar-refractivity contribution < 1.29 is 9.53 Å². The van der Waals surface area contributed by atoms with E-state index in [0.29, 0.717) is 0 Å². The van der Waals surface area contributed by atoms with Crippen LogP contribution in [-0.2, 0) is 4.74 Å². The zero-order chi connectivity index (χ0) is 8.57. The van der Waals surface area contributed by atoms with Crippen LogP contribution in [0.3, 0.4) is 0 Å². The molecule has 0 unspecified atom stereocenters. The number of nitrogens with zero attached hydrogens (tertiary/aromatic N) is 1. The molecule has 0 saturated carbocycles. The highest BCUT2D eigenvalue weighted by Crippen LogP contribution is 1.78. The summed E-state index contributed by atoms with van der Waals surface area (Å²) in [6.07, 6.45) is 0.931. The minimum absolute atomic E-state index is 0.319. The lowest BCUT2D eigenvalue weighted by molar-refractivity contribution is 0.141. The predicted molar refractivity (Wildman–Crippen MR) is 42.1 cm³/mol. The Labute approximate surface area is 63.0 Å². The molecule has 0 atom stereocenters. The van der Waals surface area contributed by atoms with E-state index in [1.54, 1.807) is 14.1 Å². The third kappa shape index (κ3) is 10.3. The van der Waals surface area contributed by atoms with E-state index in [9.17, 15) is 4.79 Å². The van der Waals surface area contributed by atoms with Crippen molar-refractivity contribution in [3.8, 4) is 0 Å². The molecule has 1 amide bonds. The highest BCUT2D eigenvalue weighted by molar-refractivity contribution is 5.66. The fourth-order valence-electron chi connectivity index (χ4n) is 0.183. The Bertz CT molecular complexity index is 81.7. The van der Waals surface area contributed by atoms with Crippen LogP contribution in [0.1, 0.15) is 20.3 Å². The number of carbonyl (C=O) groups excluding carboxylic acids is 1. The van der Waals surface area contributed by atoms with Crippen molar-refractivity contribution >= 4 is 6.09 Å². The molecule has 0 N–H and O–H groups in total. The second kappa shape index (κ2) is 8.27. The lowest BCUT2D eigenvalue weighted by Crippen LogP contribution is -2.20. The molecular formula is C7H17NO2. The maximum atomic E-state index is 10.2. The molecule has 0 aliphatic rings. The quantitative estimate of drug-likeness (QED) is 0.522. The van der Waals surface area contributed by atoms with Gasteiger partial charge < -0.3 is 9.64 Å². The van der Waals surface area contributed by atoms with Crippen molar-refractivity contribution in [3.63, 3.8) is 0 Å². The largest absolute Gasteiger partial charge is 0.453 e. The summed E-state index contributed by atoms with van der Waals surface area (Å²) in [4.78, 5) is 11.6. The summed E-state index contributed by atoms with van der Waals surface area (Å²) in [5.74, 6) is 0. The number of amides is 1. The van der Waals surface area contributed by atoms with Crippen molar-refractivity contribution in [2.45, 2.75) is 20.3 Å². The van der Waals surface area contributed by atoms with Gasteiger partial charge in [0, 0.05) is 14.1 Å². The van der Waals surface area contributed by atoms with Crippen LogP contribution in [0.25, 0.3) is 0 Å². The van der Waals surface area contributed by atoms with E-state index in [4.69, 9.17) is 0 Å². The van der Waals surface area contributed by atoms with E-state index >= 15 is 0 Å². The van der Waals surface area contributed by atoms with E-state index in [1.807, 2.05) is 0 Å². The molecule has 0 rings (SSSR count). The van der Waals surface area contributed by atoms with Crippen LogP contribution < -0.4 is 0 Å². The van der Waals surface area contributed by atoms with Gasteiger partial charge >= 0.3 is 6.09 Å². The molecule has 3 heteroatoms. The molecule has 0 bridgehead atoms. The summed E-state index contributed by atoms with van der Waals surface area (Å²) in [6.45, 7) is 4.25. The zero-order valence-electron chi connectivity index (χ0n) is 7.47. The number of carbonyl (C=O) groups is 1. The normalized spacial score (nSPS) is 7.30. The van der Waals surface area contributed by atoms with Crippen LogP contribution in [0.15, 0.2) is 0 Å². The first-order valence-corrected chi connectivity index (χ1v) is 3.35. The number of ether oxygens (including phenoxy) is 1. The molecule has 0 heterocycles. The summed E-state index contributed by atoms with van der Waals surface area (Å²) < 4.78 is 4.30. The van der Waals surface area contributed by atoms with Gasteiger partial charge in [-0.3, -0.25) is 0 Å². The molecule has 0 spiro atoms. The number of rotatable bonds is 0. The predicted octanol–water partition coefficient (Wildman–Crippen LogP) is 1.73. The van der Waals surface area contributed by atoms with Crippen molar-refractivity contribution in [1.29, 1.82) is 0 Å². The smallest absolute Gasteiger partial charge is 0.408 e. The second-order valence-electron chi connectivity index (χ2n) is 2.07. The van der Waals surface area contributed by atoms with E-state index in [2.05, 4.69) is 18.6 Å². The third-order valence-electron chi connectivity index (χ3n) is 0.540. The van der Waals surface area contributed by atoms with Gasteiger partial charge in [0.15, 0.2) is 0 Å². The van der Waals surface area contributed by atoms with E-state index in [1.165, 1.54) is 18.4 Å². The van der Waals surface area contributed by atoms with Gasteiger partial charge in [0.05, 0.1) is 7.11 Å². The van der Waals surface area contributed by atoms with Gasteiger partial charge in [-0.05, 0) is 0 Å². The first-order chi connectivity index (χ1) is 4.59. The molecule has 0 aromatic heterocycles. The van der Waals surface area contributed by atoms with Crippen LogP contribution in [0, 0.1) is 0 Å². The second-order valence-corrected chi connectivity index (χ2v) is 2.07. The Hall–Kier alpha value is -0.730. The summed E-state index contributed by atoms with van der Waals surface area (Å²) in [5, 5.41) is 0. The topological polar surface area (TPSA) is 29.5 Å². The standard InChI is InChI=1S/C4H9NO2.C3H8/c1-5(2)4(6)7-3;1-3-2/h1-3H3;3H2,1-2H3. The van der Waals surface area contributed by atoms with Gasteiger partial charge in [-0.15, -0.1) is 0 Å². The average molecular weight is 147 g/mol. The summed E-state index contributed by atoms with van der Waals surface area (Å²) in [7, 11) is 4.61. The Morgan fingerprint density at radius 2 is 1.70 bits per heavy atom. The molecule has 0 aliphatic heterocycles. The van der Waals surface area contributed by atoms with Crippen molar-refractivity contribution in [2.75, 3.05) is 21.2 Å². The Kier molecular flexibility index (Phi) is 9.92. The minimum atomic E-state index is -0.319. The summed E-state index contributed by atoms with van der Waals surface area (Å²) >= 11 is 0. The molecule has 0 aromatic carbocycles. The molecular weight excluding hydrogens is 130 g/mol. The molecule has 3 nitrogen and oxygen atoms in total. The number of hydrogen-bond acceptors (Lipinski definition) is 2. The van der Waals surface area contributed by atoms with Crippen molar-refractivity contribution in [1.82, 2.24) is 4.90 Å². The monoisotopic (exact) mass is 147 g/mol. The third-order valence-corrected chi connectivity index (χ3v) is 0.540. The maximum Gasteiger partial charge on any atom is 0.408 e. The van der Waals surface area contributed by atoms with Crippen LogP contribution in [0.4, 0.5) is 4.79 Å². The van der Waals surface area contributed by atoms with Crippen LogP contribution in [0.2, 0.25) is 0 Å². The first kappa shape index (κ1) is 12.0. The highest BCUT2D eigenvalue weighted by Gasteiger charge is 1.97. The summed E-state index contributed by atoms with van der Waals surface area (Å²) in [6, 6.07) is 0. The van der Waals surface area contributed by atoms with E-state index in [0.717, 1.165) is 0 Å². The summed E-state index contributed by atoms with van der Waals surface area (Å²) in [5.41, 5.74) is 0. The number of methoxy groups -OCH3 is 1. The molecule has 0 aromatic rings.